The van der Waals surface area contributed by atoms with Gasteiger partial charge in [0.1, 0.15) is 5.75 Å². The number of fused-ring (bicyclic) bond motifs is 4. The first kappa shape index (κ1) is 21.6. The van der Waals surface area contributed by atoms with E-state index in [1.165, 1.54) is 0 Å². The van der Waals surface area contributed by atoms with Crippen LogP contribution in [-0.2, 0) is 0 Å². The van der Waals surface area contributed by atoms with Crippen LogP contribution in [0.4, 0.5) is 11.4 Å². The summed E-state index contributed by atoms with van der Waals surface area (Å²) in [5, 5.41) is 13.6. The zero-order chi connectivity index (χ0) is 24.3. The summed E-state index contributed by atoms with van der Waals surface area (Å²) in [6.07, 6.45) is 0. The van der Waals surface area contributed by atoms with E-state index in [0.717, 1.165) is 49.7 Å². The second kappa shape index (κ2) is 8.07. The van der Waals surface area contributed by atoms with Gasteiger partial charge in [-0.2, -0.15) is 0 Å². The van der Waals surface area contributed by atoms with Gasteiger partial charge in [0.2, 0.25) is 0 Å². The fraction of sp³-hybridized carbons (Fsp3) is 0.138. The van der Waals surface area contributed by atoms with E-state index < -0.39 is 0 Å². The maximum Gasteiger partial charge on any atom is 0.258 e. The summed E-state index contributed by atoms with van der Waals surface area (Å²) >= 11 is 6.38. The molecule has 4 aromatic carbocycles. The minimum atomic E-state index is -0.117. The number of aromatic nitrogens is 1. The molecule has 6 heteroatoms. The first-order valence-corrected chi connectivity index (χ1v) is 12.1. The van der Waals surface area contributed by atoms with Crippen molar-refractivity contribution in [3.63, 3.8) is 0 Å². The lowest BCUT2D eigenvalue weighted by atomic mass is 9.92. The van der Waals surface area contributed by atoms with Crippen molar-refractivity contribution in [2.45, 2.75) is 12.8 Å². The standard InChI is InChI=1S/C29H24ClN3O2/c1-16-4-2-7-22-26(34)13-25-28(27(16)22)20(14-30)15-33(25)29(35)19-9-8-18-11-23(32-24(18)12-19)17-5-3-6-21(31)10-17/h2-13,20,32,34H,14-15,31H2,1H3. The first-order valence-electron chi connectivity index (χ1n) is 11.6. The number of carbonyl (C=O) groups excluding carboxylic acids is 1. The van der Waals surface area contributed by atoms with E-state index in [2.05, 4.69) is 11.1 Å². The second-order valence-electron chi connectivity index (χ2n) is 9.20. The zero-order valence-electron chi connectivity index (χ0n) is 19.2. The number of nitrogens with zero attached hydrogens (tertiary/aromatic N) is 1. The number of aromatic amines is 1. The minimum Gasteiger partial charge on any atom is -0.507 e. The molecule has 6 rings (SSSR count). The van der Waals surface area contributed by atoms with Crippen LogP contribution in [0.1, 0.15) is 27.4 Å². The molecular formula is C29H24ClN3O2. The number of rotatable bonds is 3. The lowest BCUT2D eigenvalue weighted by molar-refractivity contribution is 0.0988. The smallest absolute Gasteiger partial charge is 0.258 e. The van der Waals surface area contributed by atoms with Crippen molar-refractivity contribution in [1.29, 1.82) is 0 Å². The Balaban J connectivity index is 1.43. The third-order valence-electron chi connectivity index (χ3n) is 6.97. The average molecular weight is 482 g/mol. The van der Waals surface area contributed by atoms with Crippen LogP contribution in [-0.4, -0.2) is 28.4 Å². The van der Waals surface area contributed by atoms with E-state index in [1.54, 1.807) is 11.0 Å². The molecule has 35 heavy (non-hydrogen) atoms. The van der Waals surface area contributed by atoms with Crippen molar-refractivity contribution < 1.29 is 9.90 Å². The molecule has 1 unspecified atom stereocenters. The molecule has 1 amide bonds. The van der Waals surface area contributed by atoms with Gasteiger partial charge in [0, 0.05) is 57.6 Å². The van der Waals surface area contributed by atoms with Crippen molar-refractivity contribution in [2.24, 2.45) is 0 Å². The van der Waals surface area contributed by atoms with Crippen LogP contribution in [0.5, 0.6) is 5.75 Å². The van der Waals surface area contributed by atoms with Crippen LogP contribution in [0.25, 0.3) is 32.9 Å². The summed E-state index contributed by atoms with van der Waals surface area (Å²) < 4.78 is 0. The van der Waals surface area contributed by atoms with Crippen LogP contribution < -0.4 is 10.6 Å². The molecule has 0 saturated carbocycles. The van der Waals surface area contributed by atoms with Gasteiger partial charge in [-0.25, -0.2) is 0 Å². The van der Waals surface area contributed by atoms with E-state index >= 15 is 0 Å². The highest BCUT2D eigenvalue weighted by Crippen LogP contribution is 2.46. The number of nitrogens with one attached hydrogen (secondary N) is 1. The number of carbonyl (C=O) groups is 1. The van der Waals surface area contributed by atoms with E-state index in [4.69, 9.17) is 17.3 Å². The molecule has 1 atom stereocenters. The van der Waals surface area contributed by atoms with Crippen LogP contribution in [0.3, 0.4) is 0 Å². The van der Waals surface area contributed by atoms with Gasteiger partial charge in [0.15, 0.2) is 0 Å². The first-order chi connectivity index (χ1) is 16.9. The Labute approximate surface area is 207 Å². The molecule has 174 valence electrons. The number of aryl methyl sites for hydroxylation is 1. The maximum absolute atomic E-state index is 13.7. The van der Waals surface area contributed by atoms with Crippen LogP contribution >= 0.6 is 11.6 Å². The topological polar surface area (TPSA) is 82.3 Å². The molecule has 0 radical (unpaired) electrons. The van der Waals surface area contributed by atoms with Gasteiger partial charge in [-0.3, -0.25) is 4.79 Å². The van der Waals surface area contributed by atoms with Gasteiger partial charge < -0.3 is 20.7 Å². The van der Waals surface area contributed by atoms with E-state index in [1.807, 2.05) is 67.6 Å². The summed E-state index contributed by atoms with van der Waals surface area (Å²) in [6, 6.07) is 23.0. The summed E-state index contributed by atoms with van der Waals surface area (Å²) in [5.74, 6) is 0.434. The van der Waals surface area contributed by atoms with Crippen LogP contribution in [0.15, 0.2) is 72.8 Å². The monoisotopic (exact) mass is 481 g/mol. The number of hydrogen-bond acceptors (Lipinski definition) is 3. The number of anilines is 2. The average Bonchev–Trinajstić information content (AvgIpc) is 3.45. The predicted molar refractivity (Wildman–Crippen MR) is 144 cm³/mol. The molecule has 5 aromatic rings. The molecular weight excluding hydrogens is 458 g/mol. The van der Waals surface area contributed by atoms with Crippen molar-refractivity contribution in [1.82, 2.24) is 4.98 Å². The molecule has 2 heterocycles. The third-order valence-corrected chi connectivity index (χ3v) is 7.34. The van der Waals surface area contributed by atoms with Gasteiger partial charge in [0.05, 0.1) is 5.69 Å². The molecule has 1 aromatic heterocycles. The number of phenolic OH excluding ortho intramolecular Hbond substituents is 1. The number of aromatic hydroxyl groups is 1. The number of halogens is 1. The normalized spacial score (nSPS) is 15.1. The van der Waals surface area contributed by atoms with Crippen LogP contribution in [0, 0.1) is 6.92 Å². The number of nitrogens with two attached hydrogens (primary N) is 1. The maximum atomic E-state index is 13.7. The number of nitrogen functional groups attached to an aromatic ring is 1. The fourth-order valence-corrected chi connectivity index (χ4v) is 5.55. The van der Waals surface area contributed by atoms with Gasteiger partial charge in [0.25, 0.3) is 5.91 Å². The Morgan fingerprint density at radius 2 is 1.94 bits per heavy atom. The Morgan fingerprint density at radius 1 is 1.11 bits per heavy atom. The summed E-state index contributed by atoms with van der Waals surface area (Å²) in [4.78, 5) is 18.9. The molecule has 0 bridgehead atoms. The van der Waals surface area contributed by atoms with Crippen LogP contribution in [0.2, 0.25) is 0 Å². The summed E-state index contributed by atoms with van der Waals surface area (Å²) in [5.41, 5.74) is 12.8. The molecule has 0 aliphatic carbocycles. The van der Waals surface area contributed by atoms with Crippen molar-refractivity contribution in [2.75, 3.05) is 23.1 Å². The second-order valence-corrected chi connectivity index (χ2v) is 9.51. The lowest BCUT2D eigenvalue weighted by Crippen LogP contribution is -2.30. The van der Waals surface area contributed by atoms with Crippen molar-refractivity contribution in [3.05, 3.63) is 89.5 Å². The molecule has 1 aliphatic rings. The Kier molecular flexibility index (Phi) is 4.97. The van der Waals surface area contributed by atoms with E-state index in [9.17, 15) is 9.90 Å². The third kappa shape index (κ3) is 3.43. The number of phenols is 1. The molecule has 0 saturated heterocycles. The largest absolute Gasteiger partial charge is 0.507 e. The SMILES string of the molecule is Cc1cccc2c(O)cc3c(c12)C(CCl)CN3C(=O)c1ccc2cc(-c3cccc(N)c3)[nH]c2c1. The Morgan fingerprint density at radius 3 is 2.74 bits per heavy atom. The highest BCUT2D eigenvalue weighted by atomic mass is 35.5. The summed E-state index contributed by atoms with van der Waals surface area (Å²) in [6.45, 7) is 2.50. The predicted octanol–water partition coefficient (Wildman–Crippen LogP) is 6.57. The molecule has 5 nitrogen and oxygen atoms in total. The number of amides is 1. The van der Waals surface area contributed by atoms with Gasteiger partial charge >= 0.3 is 0 Å². The zero-order valence-corrected chi connectivity index (χ0v) is 19.9. The van der Waals surface area contributed by atoms with E-state index in [0.29, 0.717) is 23.7 Å². The number of hydrogen-bond donors (Lipinski definition) is 3. The van der Waals surface area contributed by atoms with Gasteiger partial charge in [-0.15, -0.1) is 11.6 Å². The molecule has 4 N–H and O–H groups in total. The molecule has 1 aliphatic heterocycles. The quantitative estimate of drug-likeness (QED) is 0.201. The van der Waals surface area contributed by atoms with Crippen molar-refractivity contribution in [3.8, 4) is 17.0 Å². The Bertz CT molecular complexity index is 1640. The number of H-pyrrole nitrogens is 1. The van der Waals surface area contributed by atoms with Crippen molar-refractivity contribution >= 4 is 50.6 Å². The van der Waals surface area contributed by atoms with Gasteiger partial charge in [-0.1, -0.05) is 36.4 Å². The molecule has 0 spiro atoms. The van der Waals surface area contributed by atoms with E-state index in [-0.39, 0.29) is 17.6 Å². The summed E-state index contributed by atoms with van der Waals surface area (Å²) in [7, 11) is 0. The number of benzene rings is 4. The lowest BCUT2D eigenvalue weighted by Gasteiger charge is -2.19. The Hall–Kier alpha value is -3.96. The highest BCUT2D eigenvalue weighted by Gasteiger charge is 2.35. The number of alkyl halides is 1. The fourth-order valence-electron chi connectivity index (χ4n) is 5.29. The highest BCUT2D eigenvalue weighted by molar-refractivity contribution is 6.19. The minimum absolute atomic E-state index is 0.0100. The van der Waals surface area contributed by atoms with Gasteiger partial charge in [-0.05, 0) is 59.3 Å². The molecule has 0 fully saturated rings.